The maximum absolute atomic E-state index is 12.6. The molecule has 0 aliphatic carbocycles. The smallest absolute Gasteiger partial charge is 0.871 e. The molecule has 11 heteroatoms. The van der Waals surface area contributed by atoms with Crippen molar-refractivity contribution in [2.45, 2.75) is 19.4 Å². The Labute approximate surface area is 245 Å². The van der Waals surface area contributed by atoms with Crippen molar-refractivity contribution in [3.05, 3.63) is 81.2 Å². The number of nitrogens with one attached hydrogen (secondary N) is 2. The summed E-state index contributed by atoms with van der Waals surface area (Å²) in [4.78, 5) is 36.1. The van der Waals surface area contributed by atoms with Gasteiger partial charge in [0, 0.05) is 30.7 Å². The molecule has 0 bridgehead atoms. The molecule has 8 nitrogen and oxygen atoms in total. The first-order valence-electron chi connectivity index (χ1n) is 9.66. The molecule has 1 aromatic heterocycles. The van der Waals surface area contributed by atoms with Crippen LogP contribution in [0.15, 0.2) is 59.5 Å². The van der Waals surface area contributed by atoms with Crippen LogP contribution in [0.2, 0.25) is 5.02 Å². The van der Waals surface area contributed by atoms with E-state index in [0.29, 0.717) is 10.6 Å². The van der Waals surface area contributed by atoms with Gasteiger partial charge in [0.2, 0.25) is 0 Å². The van der Waals surface area contributed by atoms with Crippen LogP contribution < -0.4 is 85.5 Å². The first-order valence-corrected chi connectivity index (χ1v) is 10.0. The van der Waals surface area contributed by atoms with Crippen LogP contribution in [0.3, 0.4) is 0 Å². The second kappa shape index (κ2) is 13.3. The predicted molar refractivity (Wildman–Crippen MR) is 117 cm³/mol. The second-order valence-electron chi connectivity index (χ2n) is 7.30. The van der Waals surface area contributed by atoms with E-state index in [4.69, 9.17) is 11.6 Å². The quantitative estimate of drug-likeness (QED) is 0.335. The van der Waals surface area contributed by atoms with Crippen LogP contribution in [0.25, 0.3) is 11.1 Å². The number of anilines is 1. The van der Waals surface area contributed by atoms with Gasteiger partial charge in [-0.1, -0.05) is 47.7 Å². The molecule has 1 unspecified atom stereocenters. The summed E-state index contributed by atoms with van der Waals surface area (Å²) in [5.74, 6) is -1.98. The van der Waals surface area contributed by atoms with Gasteiger partial charge in [-0.15, -0.1) is 0 Å². The van der Waals surface area contributed by atoms with Gasteiger partial charge in [-0.25, -0.2) is 4.79 Å². The van der Waals surface area contributed by atoms with Crippen LogP contribution in [0.1, 0.15) is 23.6 Å². The van der Waals surface area contributed by atoms with Gasteiger partial charge in [-0.3, -0.25) is 4.79 Å². The Bertz CT molecular complexity index is 1250. The van der Waals surface area contributed by atoms with E-state index >= 15 is 0 Å². The number of hydrogen-bond acceptors (Lipinski definition) is 5. The van der Waals surface area contributed by atoms with Gasteiger partial charge < -0.3 is 30.2 Å². The number of carboxylic acid groups (broad SMARTS) is 1. The molecule has 0 aliphatic rings. The van der Waals surface area contributed by atoms with Crippen LogP contribution in [0.5, 0.6) is 5.75 Å². The molecule has 0 spiro atoms. The minimum atomic E-state index is -1.38. The Hall–Kier alpha value is -1.78. The standard InChI is InChI=1S/C23H22ClN3O5.2Na/c1-13-12-27(2)22(31)20(21(13)30)26-23(32)25-18(11-19(28)29)16-7-3-5-14(9-16)15-6-4-8-17(24)10-15;;/h3-10,12,18,30H,11H2,1-2H3,(H,28,29)(H2,25,26,32);;/q;2*+1/p-2. The molecule has 3 aromatic rings. The van der Waals surface area contributed by atoms with E-state index in [0.717, 1.165) is 11.1 Å². The number of carbonyl (C=O) groups excluding carboxylic acids is 2. The number of rotatable bonds is 6. The average molecular weight is 500 g/mol. The molecule has 0 fully saturated rings. The molecule has 34 heavy (non-hydrogen) atoms. The molecule has 2 aromatic carbocycles. The minimum absolute atomic E-state index is 0. The molecule has 2 N–H and O–H groups in total. The Balaban J connectivity index is 0.00000289. The van der Waals surface area contributed by atoms with Crippen LogP contribution in [0, 0.1) is 6.92 Å². The zero-order valence-electron chi connectivity index (χ0n) is 19.3. The van der Waals surface area contributed by atoms with Gasteiger partial charge in [0.05, 0.1) is 6.04 Å². The van der Waals surface area contributed by atoms with E-state index < -0.39 is 41.5 Å². The van der Waals surface area contributed by atoms with Gasteiger partial charge >= 0.3 is 65.1 Å². The molecule has 2 amide bonds. The third kappa shape index (κ3) is 7.61. The fraction of sp³-hybridized carbons (Fsp3) is 0.174. The van der Waals surface area contributed by atoms with E-state index in [9.17, 15) is 24.6 Å². The van der Waals surface area contributed by atoms with E-state index in [1.807, 2.05) is 12.1 Å². The Kier molecular flexibility index (Phi) is 11.9. The summed E-state index contributed by atoms with van der Waals surface area (Å²) in [7, 11) is 1.46. The van der Waals surface area contributed by atoms with Crippen LogP contribution in [-0.4, -0.2) is 16.6 Å². The molecule has 0 saturated heterocycles. The number of benzene rings is 2. The topological polar surface area (TPSA) is 126 Å². The second-order valence-corrected chi connectivity index (χ2v) is 7.73. The van der Waals surface area contributed by atoms with Crippen molar-refractivity contribution in [3.63, 3.8) is 0 Å². The molecule has 0 aliphatic heterocycles. The van der Waals surface area contributed by atoms with Gasteiger partial charge in [-0.05, 0) is 47.4 Å². The molecule has 1 atom stereocenters. The summed E-state index contributed by atoms with van der Waals surface area (Å²) in [6.45, 7) is 1.52. The van der Waals surface area contributed by atoms with E-state index in [1.165, 1.54) is 24.7 Å². The summed E-state index contributed by atoms with van der Waals surface area (Å²) in [6.07, 6.45) is 0.858. The van der Waals surface area contributed by atoms with Crippen molar-refractivity contribution in [1.82, 2.24) is 9.88 Å². The maximum Gasteiger partial charge on any atom is 1.00 e. The summed E-state index contributed by atoms with van der Waals surface area (Å²) in [5.41, 5.74) is 1.28. The summed E-state index contributed by atoms with van der Waals surface area (Å²) in [5, 5.41) is 28.9. The number of halogens is 1. The molecule has 0 radical (unpaired) electrons. The number of aryl methyl sites for hydroxylation is 2. The van der Waals surface area contributed by atoms with Gasteiger partial charge in [0.1, 0.15) is 5.69 Å². The van der Waals surface area contributed by atoms with Crippen LogP contribution in [-0.2, 0) is 11.8 Å². The number of nitrogens with zero attached hydrogens (tertiary/aromatic N) is 1. The van der Waals surface area contributed by atoms with Crippen molar-refractivity contribution in [2.24, 2.45) is 7.05 Å². The zero-order valence-corrected chi connectivity index (χ0v) is 24.1. The van der Waals surface area contributed by atoms with Crippen LogP contribution in [0.4, 0.5) is 10.5 Å². The van der Waals surface area contributed by atoms with Crippen molar-refractivity contribution < 1.29 is 78.9 Å². The number of aliphatic carboxylic acids is 1. The maximum atomic E-state index is 12.6. The van der Waals surface area contributed by atoms with Crippen molar-refractivity contribution in [1.29, 1.82) is 0 Å². The van der Waals surface area contributed by atoms with E-state index in [2.05, 4.69) is 10.6 Å². The summed E-state index contributed by atoms with van der Waals surface area (Å²) >= 11 is 6.06. The normalized spacial score (nSPS) is 10.9. The summed E-state index contributed by atoms with van der Waals surface area (Å²) < 4.78 is 1.18. The fourth-order valence-electron chi connectivity index (χ4n) is 3.32. The minimum Gasteiger partial charge on any atom is -0.871 e. The Morgan fingerprint density at radius 2 is 1.71 bits per heavy atom. The SMILES string of the molecule is Cc1cn(C)c(=O)c(NC(=O)NC(CC(=O)[O-])c2cccc(-c3cccc(Cl)c3)c2)c1[O-].[Na+].[Na+]. The van der Waals surface area contributed by atoms with E-state index in [1.54, 1.807) is 36.4 Å². The fourth-order valence-corrected chi connectivity index (χ4v) is 3.51. The number of urea groups is 1. The van der Waals surface area contributed by atoms with Crippen molar-refractivity contribution in [3.8, 4) is 16.9 Å². The largest absolute Gasteiger partial charge is 1.00 e. The zero-order chi connectivity index (χ0) is 23.4. The molecule has 166 valence electrons. The predicted octanol–water partition coefficient (Wildman–Crippen LogP) is -3.90. The number of pyridine rings is 1. The van der Waals surface area contributed by atoms with Gasteiger partial charge in [0.15, 0.2) is 0 Å². The molecular weight excluding hydrogens is 480 g/mol. The number of carboxylic acids is 1. The number of carbonyl (C=O) groups is 2. The molecular formula is C23H20ClN3Na2O5. The molecule has 0 saturated carbocycles. The van der Waals surface area contributed by atoms with E-state index in [-0.39, 0.29) is 64.7 Å². The first kappa shape index (κ1) is 30.3. The average Bonchev–Trinajstić information content (AvgIpc) is 2.75. The van der Waals surface area contributed by atoms with Crippen LogP contribution >= 0.6 is 11.6 Å². The number of amides is 2. The van der Waals surface area contributed by atoms with Crippen molar-refractivity contribution in [2.75, 3.05) is 5.32 Å². The molecule has 3 rings (SSSR count). The summed E-state index contributed by atoms with van der Waals surface area (Å²) in [6, 6.07) is 12.2. The first-order chi connectivity index (χ1) is 15.2. The Morgan fingerprint density at radius 3 is 2.32 bits per heavy atom. The van der Waals surface area contributed by atoms with Crippen molar-refractivity contribution >= 4 is 29.3 Å². The van der Waals surface area contributed by atoms with Gasteiger partial charge in [0.25, 0.3) is 5.56 Å². The number of aromatic nitrogens is 1. The number of hydrogen-bond donors (Lipinski definition) is 2. The third-order valence-electron chi connectivity index (χ3n) is 4.87. The third-order valence-corrected chi connectivity index (χ3v) is 5.10. The monoisotopic (exact) mass is 499 g/mol. The van der Waals surface area contributed by atoms with Gasteiger partial charge in [-0.2, -0.15) is 0 Å². The molecule has 1 heterocycles. The Morgan fingerprint density at radius 1 is 1.09 bits per heavy atom.